The first-order valence-corrected chi connectivity index (χ1v) is 8.22. The smallest absolute Gasteiger partial charge is 0.231 e. The average Bonchev–Trinajstić information content (AvgIpc) is 3.09. The van der Waals surface area contributed by atoms with Crippen molar-refractivity contribution < 1.29 is 9.47 Å². The first-order valence-electron chi connectivity index (χ1n) is 8.22. The number of nitrogens with zero attached hydrogens (tertiary/aromatic N) is 3. The molecular weight excluding hydrogens is 338 g/mol. The molecule has 1 aromatic carbocycles. The lowest BCUT2D eigenvalue weighted by molar-refractivity contribution is 0.174. The molecule has 0 spiro atoms. The van der Waals surface area contributed by atoms with Crippen molar-refractivity contribution in [2.45, 2.75) is 40.7 Å². The number of ether oxygens (including phenoxy) is 2. The van der Waals surface area contributed by atoms with E-state index in [1.807, 2.05) is 19.1 Å². The van der Waals surface area contributed by atoms with Crippen LogP contribution in [0, 0.1) is 20.8 Å². The highest BCUT2D eigenvalue weighted by Crippen LogP contribution is 2.38. The van der Waals surface area contributed by atoms with Gasteiger partial charge in [-0.05, 0) is 52.3 Å². The molecule has 1 aliphatic heterocycles. The van der Waals surface area contributed by atoms with Gasteiger partial charge in [0.2, 0.25) is 6.79 Å². The Kier molecular flexibility index (Phi) is 4.37. The van der Waals surface area contributed by atoms with Crippen LogP contribution in [0.15, 0.2) is 18.2 Å². The maximum Gasteiger partial charge on any atom is 0.231 e. The summed E-state index contributed by atoms with van der Waals surface area (Å²) in [5.74, 6) is 1.55. The Labute approximate surface area is 153 Å². The lowest BCUT2D eigenvalue weighted by Crippen LogP contribution is -2.04. The number of halogens is 1. The van der Waals surface area contributed by atoms with Gasteiger partial charge >= 0.3 is 0 Å². The van der Waals surface area contributed by atoms with Crippen LogP contribution < -0.4 is 9.47 Å². The molecule has 0 unspecified atom stereocenters. The predicted molar refractivity (Wildman–Crippen MR) is 101 cm³/mol. The summed E-state index contributed by atoms with van der Waals surface area (Å²) in [5, 5.41) is 5.78. The average molecular weight is 360 g/mol. The number of rotatable bonds is 2. The number of hydrogen-bond acceptors (Lipinski definition) is 4. The van der Waals surface area contributed by atoms with Gasteiger partial charge in [0.05, 0.1) is 16.9 Å². The minimum absolute atomic E-state index is 0. The largest absolute Gasteiger partial charge is 0.454 e. The Morgan fingerprint density at radius 3 is 2.36 bits per heavy atom. The maximum absolute atomic E-state index is 5.50. The molecule has 6 heteroatoms. The summed E-state index contributed by atoms with van der Waals surface area (Å²) >= 11 is 0. The van der Waals surface area contributed by atoms with E-state index in [0.717, 1.165) is 45.0 Å². The third-order valence-corrected chi connectivity index (χ3v) is 4.58. The molecule has 0 saturated carbocycles. The van der Waals surface area contributed by atoms with Crippen molar-refractivity contribution in [3.05, 3.63) is 35.2 Å². The first-order chi connectivity index (χ1) is 11.5. The van der Waals surface area contributed by atoms with E-state index in [1.165, 1.54) is 5.56 Å². The number of aromatic nitrogens is 3. The Balaban J connectivity index is 0.00000182. The molecule has 0 radical (unpaired) electrons. The van der Waals surface area contributed by atoms with Crippen molar-refractivity contribution in [2.75, 3.05) is 6.79 Å². The van der Waals surface area contributed by atoms with Crippen LogP contribution in [0.2, 0.25) is 0 Å². The molecule has 3 heterocycles. The molecule has 1 aliphatic rings. The summed E-state index contributed by atoms with van der Waals surface area (Å²) in [6.07, 6.45) is 0. The van der Waals surface area contributed by atoms with E-state index in [4.69, 9.17) is 14.5 Å². The molecule has 0 saturated heterocycles. The molecule has 0 fully saturated rings. The lowest BCUT2D eigenvalue weighted by atomic mass is 10.0. The normalized spacial score (nSPS) is 12.7. The second-order valence-electron chi connectivity index (χ2n) is 6.63. The monoisotopic (exact) mass is 359 g/mol. The minimum atomic E-state index is 0. The highest BCUT2D eigenvalue weighted by Gasteiger charge is 2.20. The van der Waals surface area contributed by atoms with E-state index in [2.05, 4.69) is 43.5 Å². The van der Waals surface area contributed by atoms with Gasteiger partial charge < -0.3 is 9.47 Å². The van der Waals surface area contributed by atoms with Crippen LogP contribution in [-0.4, -0.2) is 21.6 Å². The fraction of sp³-hybridized carbons (Fsp3) is 0.368. The Bertz CT molecular complexity index is 963. The molecule has 0 atom stereocenters. The van der Waals surface area contributed by atoms with Crippen molar-refractivity contribution in [3.8, 4) is 22.8 Å². The van der Waals surface area contributed by atoms with E-state index in [1.54, 1.807) is 0 Å². The van der Waals surface area contributed by atoms with E-state index in [0.29, 0.717) is 6.04 Å². The molecule has 3 aromatic rings. The molecule has 0 aliphatic carbocycles. The van der Waals surface area contributed by atoms with Gasteiger partial charge in [0.15, 0.2) is 11.5 Å². The summed E-state index contributed by atoms with van der Waals surface area (Å²) in [6, 6.07) is 6.44. The quantitative estimate of drug-likeness (QED) is 0.662. The van der Waals surface area contributed by atoms with Gasteiger partial charge in [-0.25, -0.2) is 4.98 Å². The van der Waals surface area contributed by atoms with Gasteiger partial charge in [0, 0.05) is 28.8 Å². The highest BCUT2D eigenvalue weighted by atomic mass is 35.5. The van der Waals surface area contributed by atoms with Gasteiger partial charge in [-0.2, -0.15) is 5.10 Å². The van der Waals surface area contributed by atoms with E-state index < -0.39 is 0 Å². The van der Waals surface area contributed by atoms with Crippen molar-refractivity contribution in [1.29, 1.82) is 0 Å². The van der Waals surface area contributed by atoms with Crippen molar-refractivity contribution in [3.63, 3.8) is 0 Å². The summed E-state index contributed by atoms with van der Waals surface area (Å²) in [4.78, 5) is 4.89. The first kappa shape index (κ1) is 17.5. The molecule has 0 amide bonds. The number of fused-ring (bicyclic) bond motifs is 2. The zero-order chi connectivity index (χ0) is 17.0. The summed E-state index contributed by atoms with van der Waals surface area (Å²) in [7, 11) is 0. The minimum Gasteiger partial charge on any atom is -0.454 e. The molecule has 132 valence electrons. The molecule has 5 nitrogen and oxygen atoms in total. The molecular formula is C19H22ClN3O2. The predicted octanol–water partition coefficient (Wildman–Crippen LogP) is 4.75. The zero-order valence-corrected chi connectivity index (χ0v) is 15.9. The number of pyridine rings is 1. The van der Waals surface area contributed by atoms with Crippen molar-refractivity contribution >= 4 is 23.3 Å². The van der Waals surface area contributed by atoms with Crippen molar-refractivity contribution in [2.24, 2.45) is 0 Å². The fourth-order valence-electron chi connectivity index (χ4n) is 3.45. The van der Waals surface area contributed by atoms with Gasteiger partial charge in [0.25, 0.3) is 0 Å². The third-order valence-electron chi connectivity index (χ3n) is 4.58. The van der Waals surface area contributed by atoms with Crippen LogP contribution in [0.4, 0.5) is 0 Å². The molecule has 25 heavy (non-hydrogen) atoms. The standard InChI is InChI=1S/C19H21N3O2.ClH/c1-10(2)22-13(5)19(12(4)21-22)16-6-11(3)14-7-17-18(24-9-23-17)8-15(14)20-16;/h6-8,10H,9H2,1-5H3;1H. The SMILES string of the molecule is Cc1nn(C(C)C)c(C)c1-c1cc(C)c2cc3c(cc2n1)OCO3.Cl. The van der Waals surface area contributed by atoms with Crippen LogP contribution >= 0.6 is 12.4 Å². The second kappa shape index (κ2) is 6.23. The van der Waals surface area contributed by atoms with Gasteiger partial charge in [-0.1, -0.05) is 0 Å². The van der Waals surface area contributed by atoms with Gasteiger partial charge in [0.1, 0.15) is 0 Å². The number of hydrogen-bond donors (Lipinski definition) is 0. The molecule has 0 N–H and O–H groups in total. The third kappa shape index (κ3) is 2.72. The summed E-state index contributed by atoms with van der Waals surface area (Å²) in [6.45, 7) is 10.8. The van der Waals surface area contributed by atoms with Gasteiger partial charge in [-0.15, -0.1) is 12.4 Å². The maximum atomic E-state index is 5.50. The summed E-state index contributed by atoms with van der Waals surface area (Å²) < 4.78 is 13.0. The Morgan fingerprint density at radius 2 is 1.72 bits per heavy atom. The fourth-order valence-corrected chi connectivity index (χ4v) is 3.45. The Morgan fingerprint density at radius 1 is 1.04 bits per heavy atom. The van der Waals surface area contributed by atoms with E-state index in [9.17, 15) is 0 Å². The van der Waals surface area contributed by atoms with Gasteiger partial charge in [-0.3, -0.25) is 4.68 Å². The van der Waals surface area contributed by atoms with Crippen LogP contribution in [0.1, 0.15) is 36.8 Å². The van der Waals surface area contributed by atoms with Crippen LogP contribution in [-0.2, 0) is 0 Å². The molecule has 0 bridgehead atoms. The topological polar surface area (TPSA) is 49.2 Å². The zero-order valence-electron chi connectivity index (χ0n) is 15.1. The molecule has 4 rings (SSSR count). The number of benzene rings is 1. The van der Waals surface area contributed by atoms with Crippen LogP contribution in [0.25, 0.3) is 22.2 Å². The molecule has 2 aromatic heterocycles. The summed E-state index contributed by atoms with van der Waals surface area (Å²) in [5.41, 5.74) is 6.32. The van der Waals surface area contributed by atoms with Crippen molar-refractivity contribution in [1.82, 2.24) is 14.8 Å². The second-order valence-corrected chi connectivity index (χ2v) is 6.63. The lowest BCUT2D eigenvalue weighted by Gasteiger charge is -2.10. The van der Waals surface area contributed by atoms with E-state index >= 15 is 0 Å². The Hall–Kier alpha value is -2.27. The van der Waals surface area contributed by atoms with Crippen LogP contribution in [0.5, 0.6) is 11.5 Å². The van der Waals surface area contributed by atoms with Crippen LogP contribution in [0.3, 0.4) is 0 Å². The van der Waals surface area contributed by atoms with E-state index in [-0.39, 0.29) is 19.2 Å². The highest BCUT2D eigenvalue weighted by molar-refractivity contribution is 5.88. The number of aryl methyl sites for hydroxylation is 2.